The van der Waals surface area contributed by atoms with Crippen molar-refractivity contribution < 1.29 is 22.6 Å². The van der Waals surface area contributed by atoms with Crippen LogP contribution in [0, 0.1) is 11.8 Å². The molecule has 6 nitrogen and oxygen atoms in total. The number of hydrogen-bond donors (Lipinski definition) is 0. The van der Waals surface area contributed by atoms with Crippen LogP contribution in [0.5, 0.6) is 17.2 Å². The van der Waals surface area contributed by atoms with Crippen molar-refractivity contribution in [2.45, 2.75) is 26.7 Å². The maximum Gasteiger partial charge on any atom is 0.231 e. The van der Waals surface area contributed by atoms with Crippen molar-refractivity contribution in [2.75, 3.05) is 32.2 Å². The van der Waals surface area contributed by atoms with E-state index in [4.69, 9.17) is 14.2 Å². The second-order valence-electron chi connectivity index (χ2n) is 6.80. The topological polar surface area (TPSA) is 65.1 Å². The SMILES string of the molecule is C[C@H]1C[C@H](C)CN(S(=O)(=O)CCCOc2ccc3c(c2)OCO3)C1. The predicted octanol–water partition coefficient (Wildman–Crippen LogP) is 2.49. The fourth-order valence-corrected chi connectivity index (χ4v) is 5.06. The Labute approximate surface area is 143 Å². The molecule has 3 rings (SSSR count). The Balaban J connectivity index is 1.47. The summed E-state index contributed by atoms with van der Waals surface area (Å²) in [5, 5.41) is 0. The summed E-state index contributed by atoms with van der Waals surface area (Å²) in [5.41, 5.74) is 0. The van der Waals surface area contributed by atoms with Crippen molar-refractivity contribution in [1.82, 2.24) is 4.31 Å². The largest absolute Gasteiger partial charge is 0.493 e. The molecular weight excluding hydrogens is 330 g/mol. The molecule has 2 atom stereocenters. The van der Waals surface area contributed by atoms with E-state index in [0.717, 1.165) is 6.42 Å². The molecule has 1 aromatic carbocycles. The molecule has 0 aromatic heterocycles. The predicted molar refractivity (Wildman–Crippen MR) is 91.0 cm³/mol. The van der Waals surface area contributed by atoms with Gasteiger partial charge in [0.15, 0.2) is 11.5 Å². The molecule has 2 aliphatic rings. The van der Waals surface area contributed by atoms with Gasteiger partial charge in [-0.05, 0) is 36.8 Å². The summed E-state index contributed by atoms with van der Waals surface area (Å²) >= 11 is 0. The molecule has 0 amide bonds. The molecule has 0 spiro atoms. The molecule has 0 unspecified atom stereocenters. The van der Waals surface area contributed by atoms with Gasteiger partial charge in [-0.25, -0.2) is 12.7 Å². The van der Waals surface area contributed by atoms with E-state index < -0.39 is 10.0 Å². The van der Waals surface area contributed by atoms with Gasteiger partial charge in [-0.2, -0.15) is 0 Å². The van der Waals surface area contributed by atoms with Crippen LogP contribution in [0.3, 0.4) is 0 Å². The van der Waals surface area contributed by atoms with E-state index in [9.17, 15) is 8.42 Å². The lowest BCUT2D eigenvalue weighted by atomic mass is 9.94. The molecule has 24 heavy (non-hydrogen) atoms. The lowest BCUT2D eigenvalue weighted by Crippen LogP contribution is -2.43. The Morgan fingerprint density at radius 1 is 1.17 bits per heavy atom. The second kappa shape index (κ2) is 7.19. The second-order valence-corrected chi connectivity index (χ2v) is 8.88. The summed E-state index contributed by atoms with van der Waals surface area (Å²) in [7, 11) is -3.20. The summed E-state index contributed by atoms with van der Waals surface area (Å²) in [6.45, 7) is 6.08. The normalized spacial score (nSPS) is 24.1. The number of rotatable bonds is 6. The highest BCUT2D eigenvalue weighted by Gasteiger charge is 2.29. The monoisotopic (exact) mass is 355 g/mol. The van der Waals surface area contributed by atoms with Crippen LogP contribution < -0.4 is 14.2 Å². The van der Waals surface area contributed by atoms with Crippen LogP contribution in [0.4, 0.5) is 0 Å². The summed E-state index contributed by atoms with van der Waals surface area (Å²) in [4.78, 5) is 0. The maximum atomic E-state index is 12.5. The van der Waals surface area contributed by atoms with Crippen LogP contribution in [0.2, 0.25) is 0 Å². The average Bonchev–Trinajstić information content (AvgIpc) is 2.98. The van der Waals surface area contributed by atoms with Gasteiger partial charge in [0, 0.05) is 19.2 Å². The van der Waals surface area contributed by atoms with Crippen LogP contribution in [0.15, 0.2) is 18.2 Å². The zero-order chi connectivity index (χ0) is 17.2. The van der Waals surface area contributed by atoms with Crippen molar-refractivity contribution in [3.05, 3.63) is 18.2 Å². The van der Waals surface area contributed by atoms with Crippen LogP contribution >= 0.6 is 0 Å². The molecule has 2 heterocycles. The third-order valence-electron chi connectivity index (χ3n) is 4.39. The summed E-state index contributed by atoms with van der Waals surface area (Å²) < 4.78 is 42.8. The average molecular weight is 355 g/mol. The molecule has 1 saturated heterocycles. The number of hydrogen-bond acceptors (Lipinski definition) is 5. The maximum absolute atomic E-state index is 12.5. The number of benzene rings is 1. The van der Waals surface area contributed by atoms with Gasteiger partial charge < -0.3 is 14.2 Å². The van der Waals surface area contributed by atoms with Crippen molar-refractivity contribution in [3.63, 3.8) is 0 Å². The van der Waals surface area contributed by atoms with Gasteiger partial charge in [-0.1, -0.05) is 13.8 Å². The molecule has 0 bridgehead atoms. The summed E-state index contributed by atoms with van der Waals surface area (Å²) in [6.07, 6.45) is 1.56. The van der Waals surface area contributed by atoms with Crippen LogP contribution in [0.25, 0.3) is 0 Å². The first-order chi connectivity index (χ1) is 11.4. The van der Waals surface area contributed by atoms with Gasteiger partial charge in [0.2, 0.25) is 16.8 Å². The number of ether oxygens (including phenoxy) is 3. The van der Waals surface area contributed by atoms with Crippen molar-refractivity contribution >= 4 is 10.0 Å². The van der Waals surface area contributed by atoms with Gasteiger partial charge >= 0.3 is 0 Å². The molecule has 134 valence electrons. The standard InChI is InChI=1S/C17H25NO5S/c1-13-8-14(2)11-18(10-13)24(19,20)7-3-6-21-15-4-5-16-17(9-15)23-12-22-16/h4-5,9,13-14H,3,6-8,10-12H2,1-2H3/t13-,14-/m0/s1. The van der Waals surface area contributed by atoms with Crippen LogP contribution in [-0.2, 0) is 10.0 Å². The van der Waals surface area contributed by atoms with Gasteiger partial charge in [-0.15, -0.1) is 0 Å². The molecule has 7 heteroatoms. The highest BCUT2D eigenvalue weighted by atomic mass is 32.2. The quantitative estimate of drug-likeness (QED) is 0.734. The first-order valence-electron chi connectivity index (χ1n) is 8.44. The molecule has 1 fully saturated rings. The van der Waals surface area contributed by atoms with Crippen molar-refractivity contribution in [3.8, 4) is 17.2 Å². The molecule has 0 aliphatic carbocycles. The zero-order valence-electron chi connectivity index (χ0n) is 14.2. The molecule has 2 aliphatic heterocycles. The van der Waals surface area contributed by atoms with E-state index in [1.54, 1.807) is 22.5 Å². The number of nitrogens with zero attached hydrogens (tertiary/aromatic N) is 1. The Morgan fingerprint density at radius 3 is 2.62 bits per heavy atom. The van der Waals surface area contributed by atoms with E-state index in [-0.39, 0.29) is 12.5 Å². The number of fused-ring (bicyclic) bond motifs is 1. The molecule has 0 radical (unpaired) electrons. The fraction of sp³-hybridized carbons (Fsp3) is 0.647. The van der Waals surface area contributed by atoms with Gasteiger partial charge in [-0.3, -0.25) is 0 Å². The Bertz CT molecular complexity index is 666. The molecular formula is C17H25NO5S. The molecule has 0 saturated carbocycles. The molecule has 0 N–H and O–H groups in total. The van der Waals surface area contributed by atoms with E-state index in [2.05, 4.69) is 13.8 Å². The van der Waals surface area contributed by atoms with Crippen molar-refractivity contribution in [2.24, 2.45) is 11.8 Å². The highest BCUT2D eigenvalue weighted by Crippen LogP contribution is 2.35. The Morgan fingerprint density at radius 2 is 1.88 bits per heavy atom. The van der Waals surface area contributed by atoms with Crippen molar-refractivity contribution in [1.29, 1.82) is 0 Å². The third-order valence-corrected chi connectivity index (χ3v) is 6.28. The minimum absolute atomic E-state index is 0.122. The first-order valence-corrected chi connectivity index (χ1v) is 10.1. The minimum atomic E-state index is -3.20. The van der Waals surface area contributed by atoms with E-state index in [0.29, 0.717) is 55.2 Å². The van der Waals surface area contributed by atoms with Gasteiger partial charge in [0.05, 0.1) is 12.4 Å². The minimum Gasteiger partial charge on any atom is -0.493 e. The Kier molecular flexibility index (Phi) is 5.20. The van der Waals surface area contributed by atoms with E-state index >= 15 is 0 Å². The van der Waals surface area contributed by atoms with Crippen LogP contribution in [0.1, 0.15) is 26.7 Å². The van der Waals surface area contributed by atoms with Gasteiger partial charge in [0.25, 0.3) is 0 Å². The molecule has 1 aromatic rings. The van der Waals surface area contributed by atoms with Gasteiger partial charge in [0.1, 0.15) is 5.75 Å². The number of piperidine rings is 1. The zero-order valence-corrected chi connectivity index (χ0v) is 15.0. The Hall–Kier alpha value is -1.47. The first kappa shape index (κ1) is 17.4. The smallest absolute Gasteiger partial charge is 0.231 e. The third kappa shape index (κ3) is 4.13. The fourth-order valence-electron chi connectivity index (χ4n) is 3.36. The highest BCUT2D eigenvalue weighted by molar-refractivity contribution is 7.89. The summed E-state index contributed by atoms with van der Waals surface area (Å²) in [6, 6.07) is 5.37. The lowest BCUT2D eigenvalue weighted by molar-refractivity contribution is 0.173. The van der Waals surface area contributed by atoms with E-state index in [1.165, 1.54) is 0 Å². The number of sulfonamides is 1. The lowest BCUT2D eigenvalue weighted by Gasteiger charge is -2.34. The van der Waals surface area contributed by atoms with E-state index in [1.807, 2.05) is 0 Å². The summed E-state index contributed by atoms with van der Waals surface area (Å²) in [5.74, 6) is 3.00. The van der Waals surface area contributed by atoms with Crippen LogP contribution in [-0.4, -0.2) is 45.0 Å².